The first-order chi connectivity index (χ1) is 14.3. The SMILES string of the molecule is O=C(c1ccccc1)c1ccccc1-n1nc2ccccc2c1-c1ccccc1. The maximum Gasteiger partial charge on any atom is 0.195 e. The van der Waals surface area contributed by atoms with Gasteiger partial charge in [-0.15, -0.1) is 0 Å². The molecule has 0 N–H and O–H groups in total. The van der Waals surface area contributed by atoms with Crippen LogP contribution in [0.15, 0.2) is 109 Å². The second kappa shape index (κ2) is 7.21. The standard InChI is InChI=1S/C26H18N2O/c29-26(20-13-5-2-6-14-20)22-16-8-10-18-24(22)28-25(19-11-3-1-4-12-19)21-15-7-9-17-23(21)27-28/h1-18H. The molecule has 0 radical (unpaired) electrons. The molecule has 0 fully saturated rings. The summed E-state index contributed by atoms with van der Waals surface area (Å²) in [7, 11) is 0. The Hall–Kier alpha value is -3.98. The Morgan fingerprint density at radius 1 is 0.655 bits per heavy atom. The molecular formula is C26H18N2O. The molecule has 3 nitrogen and oxygen atoms in total. The summed E-state index contributed by atoms with van der Waals surface area (Å²) in [6, 6.07) is 35.3. The molecule has 29 heavy (non-hydrogen) atoms. The molecule has 3 heteroatoms. The Balaban J connectivity index is 1.77. The lowest BCUT2D eigenvalue weighted by Gasteiger charge is -2.12. The smallest absolute Gasteiger partial charge is 0.195 e. The number of para-hydroxylation sites is 1. The van der Waals surface area contributed by atoms with Gasteiger partial charge < -0.3 is 0 Å². The van der Waals surface area contributed by atoms with E-state index in [9.17, 15) is 4.79 Å². The fraction of sp³-hybridized carbons (Fsp3) is 0. The van der Waals surface area contributed by atoms with E-state index in [0.717, 1.165) is 27.8 Å². The van der Waals surface area contributed by atoms with Crippen LogP contribution in [-0.2, 0) is 0 Å². The van der Waals surface area contributed by atoms with Gasteiger partial charge in [0.1, 0.15) is 0 Å². The van der Waals surface area contributed by atoms with Crippen LogP contribution in [0.3, 0.4) is 0 Å². The highest BCUT2D eigenvalue weighted by Gasteiger charge is 2.19. The van der Waals surface area contributed by atoms with Crippen LogP contribution in [0, 0.1) is 0 Å². The number of hydrogen-bond donors (Lipinski definition) is 0. The molecule has 0 atom stereocenters. The lowest BCUT2D eigenvalue weighted by molar-refractivity contribution is 0.103. The van der Waals surface area contributed by atoms with Gasteiger partial charge in [-0.1, -0.05) is 91.0 Å². The van der Waals surface area contributed by atoms with Gasteiger partial charge in [0, 0.05) is 22.1 Å². The Morgan fingerprint density at radius 2 is 1.28 bits per heavy atom. The number of ketones is 1. The average molecular weight is 374 g/mol. The van der Waals surface area contributed by atoms with Crippen LogP contribution in [0.1, 0.15) is 15.9 Å². The van der Waals surface area contributed by atoms with E-state index in [0.29, 0.717) is 11.1 Å². The molecule has 0 aliphatic heterocycles. The van der Waals surface area contributed by atoms with E-state index in [-0.39, 0.29) is 5.78 Å². The maximum atomic E-state index is 13.3. The first-order valence-electron chi connectivity index (χ1n) is 9.55. The van der Waals surface area contributed by atoms with Gasteiger partial charge in [0.2, 0.25) is 0 Å². The molecule has 0 saturated heterocycles. The zero-order valence-electron chi connectivity index (χ0n) is 15.7. The first-order valence-corrected chi connectivity index (χ1v) is 9.55. The van der Waals surface area contributed by atoms with Gasteiger partial charge in [-0.25, -0.2) is 4.68 Å². The van der Waals surface area contributed by atoms with E-state index in [1.807, 2.05) is 95.7 Å². The van der Waals surface area contributed by atoms with Crippen molar-refractivity contribution in [2.24, 2.45) is 0 Å². The Morgan fingerprint density at radius 3 is 2.07 bits per heavy atom. The summed E-state index contributed by atoms with van der Waals surface area (Å²) in [4.78, 5) is 13.3. The summed E-state index contributed by atoms with van der Waals surface area (Å²) in [5, 5.41) is 5.92. The van der Waals surface area contributed by atoms with E-state index in [1.165, 1.54) is 0 Å². The zero-order valence-corrected chi connectivity index (χ0v) is 15.7. The van der Waals surface area contributed by atoms with Crippen LogP contribution in [0.2, 0.25) is 0 Å². The number of hydrogen-bond acceptors (Lipinski definition) is 2. The minimum Gasteiger partial charge on any atom is -0.289 e. The van der Waals surface area contributed by atoms with Gasteiger partial charge in [-0.2, -0.15) is 5.10 Å². The van der Waals surface area contributed by atoms with Crippen LogP contribution in [0.25, 0.3) is 27.8 Å². The van der Waals surface area contributed by atoms with Gasteiger partial charge in [-0.05, 0) is 18.2 Å². The van der Waals surface area contributed by atoms with Crippen molar-refractivity contribution in [3.05, 3.63) is 120 Å². The van der Waals surface area contributed by atoms with E-state index < -0.39 is 0 Å². The van der Waals surface area contributed by atoms with E-state index >= 15 is 0 Å². The molecule has 4 aromatic carbocycles. The molecule has 0 saturated carbocycles. The molecule has 5 rings (SSSR count). The summed E-state index contributed by atoms with van der Waals surface area (Å²) >= 11 is 0. The third-order valence-corrected chi connectivity index (χ3v) is 5.04. The quantitative estimate of drug-likeness (QED) is 0.366. The number of rotatable bonds is 4. The molecule has 0 amide bonds. The molecule has 0 spiro atoms. The highest BCUT2D eigenvalue weighted by molar-refractivity contribution is 6.11. The fourth-order valence-electron chi connectivity index (χ4n) is 3.68. The van der Waals surface area contributed by atoms with Crippen LogP contribution < -0.4 is 0 Å². The van der Waals surface area contributed by atoms with Crippen LogP contribution in [-0.4, -0.2) is 15.6 Å². The van der Waals surface area contributed by atoms with E-state index in [2.05, 4.69) is 18.2 Å². The van der Waals surface area contributed by atoms with Crippen molar-refractivity contribution in [3.63, 3.8) is 0 Å². The fourth-order valence-corrected chi connectivity index (χ4v) is 3.68. The summed E-state index contributed by atoms with van der Waals surface area (Å²) < 4.78 is 1.90. The number of aromatic nitrogens is 2. The highest BCUT2D eigenvalue weighted by Crippen LogP contribution is 2.32. The molecule has 0 aliphatic carbocycles. The lowest BCUT2D eigenvalue weighted by atomic mass is 10.0. The normalized spacial score (nSPS) is 10.9. The topological polar surface area (TPSA) is 34.9 Å². The van der Waals surface area contributed by atoms with Crippen LogP contribution in [0.4, 0.5) is 0 Å². The summed E-state index contributed by atoms with van der Waals surface area (Å²) in [6.45, 7) is 0. The third-order valence-electron chi connectivity index (χ3n) is 5.04. The Bertz CT molecular complexity index is 1300. The van der Waals surface area contributed by atoms with Crippen molar-refractivity contribution >= 4 is 16.7 Å². The molecule has 5 aromatic rings. The number of carbonyl (C=O) groups excluding carboxylic acids is 1. The molecule has 0 aliphatic rings. The molecule has 0 bridgehead atoms. The van der Waals surface area contributed by atoms with Crippen molar-refractivity contribution in [2.45, 2.75) is 0 Å². The van der Waals surface area contributed by atoms with Crippen molar-refractivity contribution in [2.75, 3.05) is 0 Å². The van der Waals surface area contributed by atoms with Crippen LogP contribution in [0.5, 0.6) is 0 Å². The second-order valence-corrected chi connectivity index (χ2v) is 6.86. The zero-order chi connectivity index (χ0) is 19.6. The molecule has 138 valence electrons. The Kier molecular flexibility index (Phi) is 4.26. The van der Waals surface area contributed by atoms with Crippen molar-refractivity contribution in [1.82, 2.24) is 9.78 Å². The monoisotopic (exact) mass is 374 g/mol. The van der Waals surface area contributed by atoms with E-state index in [1.54, 1.807) is 0 Å². The summed E-state index contributed by atoms with van der Waals surface area (Å²) in [5.41, 5.74) is 5.00. The molecule has 1 aromatic heterocycles. The minimum absolute atomic E-state index is 0.0141. The number of nitrogens with zero attached hydrogens (tertiary/aromatic N) is 2. The van der Waals surface area contributed by atoms with Crippen molar-refractivity contribution < 1.29 is 4.79 Å². The molecule has 1 heterocycles. The maximum absolute atomic E-state index is 13.3. The summed E-state index contributed by atoms with van der Waals surface area (Å²) in [6.07, 6.45) is 0. The minimum atomic E-state index is -0.0141. The number of carbonyl (C=O) groups is 1. The number of benzene rings is 4. The molecule has 0 unspecified atom stereocenters. The van der Waals surface area contributed by atoms with Gasteiger partial charge in [0.05, 0.1) is 16.9 Å². The second-order valence-electron chi connectivity index (χ2n) is 6.86. The van der Waals surface area contributed by atoms with Gasteiger partial charge in [0.25, 0.3) is 0 Å². The van der Waals surface area contributed by atoms with Crippen molar-refractivity contribution in [1.29, 1.82) is 0 Å². The van der Waals surface area contributed by atoms with Crippen molar-refractivity contribution in [3.8, 4) is 16.9 Å². The first kappa shape index (κ1) is 17.1. The van der Waals surface area contributed by atoms with Gasteiger partial charge in [0.15, 0.2) is 5.78 Å². The largest absolute Gasteiger partial charge is 0.289 e. The lowest BCUT2D eigenvalue weighted by Crippen LogP contribution is -2.09. The highest BCUT2D eigenvalue weighted by atomic mass is 16.1. The van der Waals surface area contributed by atoms with Gasteiger partial charge in [-0.3, -0.25) is 4.79 Å². The summed E-state index contributed by atoms with van der Waals surface area (Å²) in [5.74, 6) is -0.0141. The predicted molar refractivity (Wildman–Crippen MR) is 116 cm³/mol. The Labute approximate surface area is 168 Å². The third kappa shape index (κ3) is 3.03. The average Bonchev–Trinajstić information content (AvgIpc) is 3.19. The van der Waals surface area contributed by atoms with Gasteiger partial charge >= 0.3 is 0 Å². The number of fused-ring (bicyclic) bond motifs is 1. The molecular weight excluding hydrogens is 356 g/mol. The van der Waals surface area contributed by atoms with E-state index in [4.69, 9.17) is 5.10 Å². The predicted octanol–water partition coefficient (Wildman–Crippen LogP) is 5.92. The van der Waals surface area contributed by atoms with Crippen LogP contribution >= 0.6 is 0 Å².